The molecule has 0 heterocycles. The molecule has 0 spiro atoms. The molecule has 31 heavy (non-hydrogen) atoms. The van der Waals surface area contributed by atoms with Crippen LogP contribution in [0, 0.1) is 6.92 Å². The standard InChI is InChI=1S/C25H24N2O4/c1-17-9-12-19(13-10-17)24(28)27-21(25(29)26-20-7-5-4-6-8-20)15-18-11-14-22(30-2)23(16-18)31-3/h4-16H,1-3H3,(H,26,29)(H,27,28)/b21-15+. The zero-order chi connectivity index (χ0) is 22.2. The molecule has 3 aromatic rings. The monoisotopic (exact) mass is 416 g/mol. The Labute approximate surface area is 181 Å². The van der Waals surface area contributed by atoms with Crippen LogP contribution in [0.5, 0.6) is 11.5 Å². The van der Waals surface area contributed by atoms with Crippen molar-refractivity contribution in [3.05, 3.63) is 95.2 Å². The Morgan fingerprint density at radius 2 is 1.52 bits per heavy atom. The van der Waals surface area contributed by atoms with Crippen molar-refractivity contribution in [2.45, 2.75) is 6.92 Å². The van der Waals surface area contributed by atoms with Crippen molar-refractivity contribution in [1.82, 2.24) is 5.32 Å². The summed E-state index contributed by atoms with van der Waals surface area (Å²) in [5.74, 6) is 0.263. The highest BCUT2D eigenvalue weighted by atomic mass is 16.5. The Balaban J connectivity index is 1.93. The van der Waals surface area contributed by atoms with E-state index in [-0.39, 0.29) is 11.6 Å². The van der Waals surface area contributed by atoms with Gasteiger partial charge >= 0.3 is 0 Å². The fraction of sp³-hybridized carbons (Fsp3) is 0.120. The third-order valence-electron chi connectivity index (χ3n) is 4.56. The lowest BCUT2D eigenvalue weighted by atomic mass is 10.1. The molecule has 6 heteroatoms. The maximum absolute atomic E-state index is 13.0. The number of para-hydroxylation sites is 1. The molecule has 0 saturated heterocycles. The van der Waals surface area contributed by atoms with Crippen molar-refractivity contribution >= 4 is 23.6 Å². The quantitative estimate of drug-likeness (QED) is 0.559. The Kier molecular flexibility index (Phi) is 7.06. The Bertz CT molecular complexity index is 1090. The number of carbonyl (C=O) groups is 2. The first-order valence-electron chi connectivity index (χ1n) is 9.68. The van der Waals surface area contributed by atoms with Gasteiger partial charge < -0.3 is 20.1 Å². The largest absolute Gasteiger partial charge is 0.493 e. The van der Waals surface area contributed by atoms with Gasteiger partial charge in [0.15, 0.2) is 11.5 Å². The molecule has 3 aromatic carbocycles. The normalized spacial score (nSPS) is 10.9. The molecule has 0 radical (unpaired) electrons. The van der Waals surface area contributed by atoms with E-state index in [0.717, 1.165) is 5.56 Å². The van der Waals surface area contributed by atoms with Crippen LogP contribution in [0.15, 0.2) is 78.5 Å². The van der Waals surface area contributed by atoms with Crippen molar-refractivity contribution in [2.24, 2.45) is 0 Å². The van der Waals surface area contributed by atoms with Crippen molar-refractivity contribution < 1.29 is 19.1 Å². The van der Waals surface area contributed by atoms with Gasteiger partial charge in [0.05, 0.1) is 14.2 Å². The molecule has 2 N–H and O–H groups in total. The van der Waals surface area contributed by atoms with Crippen LogP contribution in [0.2, 0.25) is 0 Å². The molecule has 158 valence electrons. The predicted molar refractivity (Wildman–Crippen MR) is 121 cm³/mol. The van der Waals surface area contributed by atoms with Crippen molar-refractivity contribution in [3.8, 4) is 11.5 Å². The van der Waals surface area contributed by atoms with E-state index in [2.05, 4.69) is 10.6 Å². The van der Waals surface area contributed by atoms with Gasteiger partial charge in [-0.05, 0) is 55.0 Å². The van der Waals surface area contributed by atoms with Crippen molar-refractivity contribution in [2.75, 3.05) is 19.5 Å². The molecular weight excluding hydrogens is 392 g/mol. The number of methoxy groups -OCH3 is 2. The van der Waals surface area contributed by atoms with Gasteiger partial charge in [-0.3, -0.25) is 9.59 Å². The number of anilines is 1. The lowest BCUT2D eigenvalue weighted by molar-refractivity contribution is -0.113. The van der Waals surface area contributed by atoms with Crippen LogP contribution in [0.1, 0.15) is 21.5 Å². The third kappa shape index (κ3) is 5.73. The average Bonchev–Trinajstić information content (AvgIpc) is 2.79. The Morgan fingerprint density at radius 1 is 0.839 bits per heavy atom. The molecule has 2 amide bonds. The molecule has 0 saturated carbocycles. The lowest BCUT2D eigenvalue weighted by Crippen LogP contribution is -2.30. The number of amides is 2. The SMILES string of the molecule is COc1ccc(/C=C(/NC(=O)c2ccc(C)cc2)C(=O)Nc2ccccc2)cc1OC. The van der Waals surface area contributed by atoms with Gasteiger partial charge in [0.1, 0.15) is 5.70 Å². The minimum Gasteiger partial charge on any atom is -0.493 e. The average molecular weight is 416 g/mol. The van der Waals surface area contributed by atoms with Gasteiger partial charge in [0.2, 0.25) is 0 Å². The highest BCUT2D eigenvalue weighted by molar-refractivity contribution is 6.10. The van der Waals surface area contributed by atoms with Gasteiger partial charge in [0, 0.05) is 11.3 Å². The van der Waals surface area contributed by atoms with Crippen LogP contribution in [0.3, 0.4) is 0 Å². The van der Waals surface area contributed by atoms with Gasteiger partial charge in [0.25, 0.3) is 11.8 Å². The highest BCUT2D eigenvalue weighted by Gasteiger charge is 2.16. The van der Waals surface area contributed by atoms with Gasteiger partial charge in [-0.25, -0.2) is 0 Å². The van der Waals surface area contributed by atoms with Crippen molar-refractivity contribution in [1.29, 1.82) is 0 Å². The summed E-state index contributed by atoms with van der Waals surface area (Å²) in [6.07, 6.45) is 1.59. The minimum atomic E-state index is -0.443. The summed E-state index contributed by atoms with van der Waals surface area (Å²) in [5, 5.41) is 5.53. The van der Waals surface area contributed by atoms with E-state index in [1.807, 2.05) is 37.3 Å². The molecule has 3 rings (SSSR count). The van der Waals surface area contributed by atoms with Crippen LogP contribution in [0.25, 0.3) is 6.08 Å². The molecule has 0 aliphatic heterocycles. The third-order valence-corrected chi connectivity index (χ3v) is 4.56. The molecule has 0 fully saturated rings. The summed E-state index contributed by atoms with van der Waals surface area (Å²) in [6, 6.07) is 21.4. The molecule has 0 atom stereocenters. The van der Waals surface area contributed by atoms with E-state index in [9.17, 15) is 9.59 Å². The molecule has 0 unspecified atom stereocenters. The Hall–Kier alpha value is -4.06. The molecule has 0 aliphatic carbocycles. The smallest absolute Gasteiger partial charge is 0.272 e. The van der Waals surface area contributed by atoms with Gasteiger partial charge in [-0.2, -0.15) is 0 Å². The summed E-state index contributed by atoms with van der Waals surface area (Å²) < 4.78 is 10.6. The molecular formula is C25H24N2O4. The van der Waals surface area contributed by atoms with E-state index in [4.69, 9.17) is 9.47 Å². The van der Waals surface area contributed by atoms with Crippen LogP contribution >= 0.6 is 0 Å². The summed E-state index contributed by atoms with van der Waals surface area (Å²) in [7, 11) is 3.08. The molecule has 0 aromatic heterocycles. The number of carbonyl (C=O) groups excluding carboxylic acids is 2. The maximum atomic E-state index is 13.0. The van der Waals surface area contributed by atoms with E-state index >= 15 is 0 Å². The summed E-state index contributed by atoms with van der Waals surface area (Å²) in [4.78, 5) is 25.7. The van der Waals surface area contributed by atoms with E-state index < -0.39 is 5.91 Å². The Morgan fingerprint density at radius 3 is 2.16 bits per heavy atom. The van der Waals surface area contributed by atoms with Crippen molar-refractivity contribution in [3.63, 3.8) is 0 Å². The maximum Gasteiger partial charge on any atom is 0.272 e. The number of nitrogens with one attached hydrogen (secondary N) is 2. The topological polar surface area (TPSA) is 76.7 Å². The number of aryl methyl sites for hydroxylation is 1. The first kappa shape index (κ1) is 21.6. The molecule has 0 aliphatic rings. The summed E-state index contributed by atoms with van der Waals surface area (Å²) in [6.45, 7) is 1.94. The van der Waals surface area contributed by atoms with E-state index in [1.54, 1.807) is 55.7 Å². The molecule has 6 nitrogen and oxygen atoms in total. The lowest BCUT2D eigenvalue weighted by Gasteiger charge is -2.12. The number of ether oxygens (including phenoxy) is 2. The minimum absolute atomic E-state index is 0.0987. The number of hydrogen-bond donors (Lipinski definition) is 2. The second kappa shape index (κ2) is 10.1. The second-order valence-corrected chi connectivity index (χ2v) is 6.81. The first-order valence-corrected chi connectivity index (χ1v) is 9.68. The zero-order valence-corrected chi connectivity index (χ0v) is 17.6. The van der Waals surface area contributed by atoms with Crippen LogP contribution in [0.4, 0.5) is 5.69 Å². The predicted octanol–water partition coefficient (Wildman–Crippen LogP) is 4.42. The number of rotatable bonds is 7. The van der Waals surface area contributed by atoms with Crippen LogP contribution in [-0.4, -0.2) is 26.0 Å². The number of benzene rings is 3. The summed E-state index contributed by atoms with van der Waals surface area (Å²) >= 11 is 0. The first-order chi connectivity index (χ1) is 15.0. The van der Waals surface area contributed by atoms with Gasteiger partial charge in [-0.1, -0.05) is 42.0 Å². The number of hydrogen-bond acceptors (Lipinski definition) is 4. The fourth-order valence-electron chi connectivity index (χ4n) is 2.89. The summed E-state index contributed by atoms with van der Waals surface area (Å²) in [5.41, 5.74) is 2.88. The fourth-order valence-corrected chi connectivity index (χ4v) is 2.89. The second-order valence-electron chi connectivity index (χ2n) is 6.81. The van der Waals surface area contributed by atoms with Crippen LogP contribution < -0.4 is 20.1 Å². The molecule has 0 bridgehead atoms. The zero-order valence-electron chi connectivity index (χ0n) is 17.6. The van der Waals surface area contributed by atoms with Crippen LogP contribution in [-0.2, 0) is 4.79 Å². The van der Waals surface area contributed by atoms with E-state index in [1.165, 1.54) is 7.11 Å². The highest BCUT2D eigenvalue weighted by Crippen LogP contribution is 2.28. The van der Waals surface area contributed by atoms with E-state index in [0.29, 0.717) is 28.3 Å². The van der Waals surface area contributed by atoms with Gasteiger partial charge in [-0.15, -0.1) is 0 Å².